The van der Waals surface area contributed by atoms with Gasteiger partial charge >= 0.3 is 0 Å². The maximum Gasteiger partial charge on any atom is 0.200 e. The van der Waals surface area contributed by atoms with E-state index in [4.69, 9.17) is 0 Å². The third-order valence-electron chi connectivity index (χ3n) is 7.82. The van der Waals surface area contributed by atoms with Gasteiger partial charge in [-0.3, -0.25) is 0 Å². The summed E-state index contributed by atoms with van der Waals surface area (Å²) in [6, 6.07) is 12.5. The summed E-state index contributed by atoms with van der Waals surface area (Å²) in [6.45, 7) is 13.3. The monoisotopic (exact) mass is 601 g/mol. The van der Waals surface area contributed by atoms with E-state index >= 15 is 0 Å². The highest BCUT2D eigenvalue weighted by atomic mass is 32.2. The average Bonchev–Trinajstić information content (AvgIpc) is 2.95. The minimum atomic E-state index is -2.16. The third-order valence-corrected chi connectivity index (χ3v) is 8.92. The highest BCUT2D eigenvalue weighted by molar-refractivity contribution is 7.99. The maximum atomic E-state index is 14.6. The predicted octanol–water partition coefficient (Wildman–Crippen LogP) is 11.8. The molecule has 1 aliphatic rings. The van der Waals surface area contributed by atoms with Crippen molar-refractivity contribution in [1.82, 2.24) is 0 Å². The fraction of sp³-hybridized carbons (Fsp3) is 0.429. The number of fused-ring (bicyclic) bond motifs is 2. The van der Waals surface area contributed by atoms with Gasteiger partial charge in [-0.15, -0.1) is 0 Å². The molecule has 3 aromatic carbocycles. The van der Waals surface area contributed by atoms with Crippen molar-refractivity contribution < 1.29 is 22.0 Å². The number of nitrogens with zero attached hydrogens (tertiary/aromatic N) is 1. The van der Waals surface area contributed by atoms with Gasteiger partial charge in [0.25, 0.3) is 0 Å². The van der Waals surface area contributed by atoms with Crippen molar-refractivity contribution in [3.8, 4) is 0 Å². The van der Waals surface area contributed by atoms with Crippen LogP contribution < -0.4 is 4.90 Å². The lowest BCUT2D eigenvalue weighted by molar-refractivity contribution is 0.377. The van der Waals surface area contributed by atoms with Gasteiger partial charge in [0, 0.05) is 16.3 Å². The van der Waals surface area contributed by atoms with Gasteiger partial charge in [-0.2, -0.15) is 0 Å². The van der Waals surface area contributed by atoms with E-state index in [1.54, 1.807) is 11.8 Å². The molecule has 0 saturated carbocycles. The smallest absolute Gasteiger partial charge is 0.200 e. The zero-order valence-corrected chi connectivity index (χ0v) is 26.1. The molecule has 0 fully saturated rings. The Morgan fingerprint density at radius 2 is 1.31 bits per heavy atom. The van der Waals surface area contributed by atoms with Crippen LogP contribution in [-0.2, 0) is 5.41 Å². The lowest BCUT2D eigenvalue weighted by Gasteiger charge is -2.34. The normalized spacial score (nSPS) is 13.5. The van der Waals surface area contributed by atoms with Crippen molar-refractivity contribution in [3.63, 3.8) is 0 Å². The summed E-state index contributed by atoms with van der Waals surface area (Å²) in [6.07, 6.45) is 8.20. The molecule has 0 aliphatic carbocycles. The molecule has 42 heavy (non-hydrogen) atoms. The van der Waals surface area contributed by atoms with Crippen molar-refractivity contribution >= 4 is 34.8 Å². The summed E-state index contributed by atoms with van der Waals surface area (Å²) in [4.78, 5) is 4.47. The molecule has 0 N–H and O–H groups in total. The van der Waals surface area contributed by atoms with Crippen molar-refractivity contribution in [1.29, 1.82) is 0 Å². The van der Waals surface area contributed by atoms with Crippen molar-refractivity contribution in [3.05, 3.63) is 82.2 Å². The summed E-state index contributed by atoms with van der Waals surface area (Å²) in [5.74, 6) is -9.94. The van der Waals surface area contributed by atoms with Gasteiger partial charge in [0.1, 0.15) is 0 Å². The molecular formula is C35H40F5NS. The van der Waals surface area contributed by atoms with Crippen LogP contribution in [0.5, 0.6) is 0 Å². The molecule has 0 aromatic heterocycles. The van der Waals surface area contributed by atoms with E-state index in [0.29, 0.717) is 11.1 Å². The molecule has 0 bridgehead atoms. The molecule has 226 valence electrons. The first kappa shape index (κ1) is 32.1. The molecule has 0 radical (unpaired) electrons. The van der Waals surface area contributed by atoms with Crippen LogP contribution in [-0.4, -0.2) is 6.54 Å². The SMILES string of the molecule is CCCCCCCCN1c2ccc(/C(=C/c3c(F)c(F)c(F)c(F)c3F)C(C)C)cc2Sc2cc(C(C)(C)C)ccc21. The van der Waals surface area contributed by atoms with E-state index in [1.807, 2.05) is 32.0 Å². The van der Waals surface area contributed by atoms with Crippen molar-refractivity contribution in [2.75, 3.05) is 11.4 Å². The number of benzene rings is 3. The second kappa shape index (κ2) is 13.2. The Kier molecular flexibility index (Phi) is 10.1. The fourth-order valence-corrected chi connectivity index (χ4v) is 6.48. The Hall–Kier alpha value is -2.80. The quantitative estimate of drug-likeness (QED) is 0.0748. The van der Waals surface area contributed by atoms with Crippen LogP contribution in [0.2, 0.25) is 0 Å². The van der Waals surface area contributed by atoms with Crippen LogP contribution >= 0.6 is 11.8 Å². The number of unbranched alkanes of at least 4 members (excludes halogenated alkanes) is 5. The molecule has 0 atom stereocenters. The van der Waals surface area contributed by atoms with Gasteiger partial charge in [0.15, 0.2) is 23.3 Å². The second-order valence-corrected chi connectivity index (χ2v) is 13.5. The van der Waals surface area contributed by atoms with Crippen LogP contribution in [0.25, 0.3) is 11.6 Å². The van der Waals surface area contributed by atoms with Gasteiger partial charge in [0.2, 0.25) is 5.82 Å². The maximum absolute atomic E-state index is 14.6. The molecule has 4 rings (SSSR count). The summed E-state index contributed by atoms with van der Waals surface area (Å²) in [7, 11) is 0. The van der Waals surface area contributed by atoms with Gasteiger partial charge < -0.3 is 4.90 Å². The van der Waals surface area contributed by atoms with Crippen LogP contribution in [0, 0.1) is 35.0 Å². The Balaban J connectivity index is 1.76. The van der Waals surface area contributed by atoms with Crippen molar-refractivity contribution in [2.45, 2.75) is 95.3 Å². The van der Waals surface area contributed by atoms with Crippen LogP contribution in [0.15, 0.2) is 46.2 Å². The number of hydrogen-bond acceptors (Lipinski definition) is 2. The van der Waals surface area contributed by atoms with E-state index < -0.39 is 34.6 Å². The van der Waals surface area contributed by atoms with E-state index in [1.165, 1.54) is 31.2 Å². The molecule has 3 aromatic rings. The summed E-state index contributed by atoms with van der Waals surface area (Å²) in [5, 5.41) is 0. The minimum Gasteiger partial charge on any atom is -0.340 e. The van der Waals surface area contributed by atoms with E-state index in [-0.39, 0.29) is 11.3 Å². The van der Waals surface area contributed by atoms with Crippen LogP contribution in [0.4, 0.5) is 33.3 Å². The summed E-state index contributed by atoms with van der Waals surface area (Å²) < 4.78 is 70.8. The number of anilines is 2. The fourth-order valence-electron chi connectivity index (χ4n) is 5.31. The summed E-state index contributed by atoms with van der Waals surface area (Å²) in [5.41, 5.74) is 3.64. The third kappa shape index (κ3) is 6.72. The largest absolute Gasteiger partial charge is 0.340 e. The van der Waals surface area contributed by atoms with Crippen LogP contribution in [0.3, 0.4) is 0 Å². The molecular weight excluding hydrogens is 561 g/mol. The standard InChI is InChI=1S/C35H40F5NS/c1-7-8-9-10-11-12-17-41-26-15-13-22(18-28(26)42-29-19-23(35(4,5)6)14-16-27(29)41)24(21(2)3)20-25-30(36)32(38)34(40)33(39)31(25)37/h13-16,18-21H,7-12,17H2,1-6H3/b24-20+. The van der Waals surface area contributed by atoms with E-state index in [9.17, 15) is 22.0 Å². The topological polar surface area (TPSA) is 3.24 Å². The first-order chi connectivity index (χ1) is 19.8. The molecule has 0 saturated heterocycles. The first-order valence-electron chi connectivity index (χ1n) is 14.8. The lowest BCUT2D eigenvalue weighted by Crippen LogP contribution is -2.23. The van der Waals surface area contributed by atoms with E-state index in [2.05, 4.69) is 50.8 Å². The zero-order valence-electron chi connectivity index (χ0n) is 25.3. The zero-order chi connectivity index (χ0) is 30.8. The lowest BCUT2D eigenvalue weighted by atomic mass is 9.87. The molecule has 0 unspecified atom stereocenters. The Morgan fingerprint density at radius 3 is 1.90 bits per heavy atom. The average molecular weight is 602 g/mol. The van der Waals surface area contributed by atoms with Gasteiger partial charge in [0.05, 0.1) is 16.9 Å². The van der Waals surface area contributed by atoms with Crippen molar-refractivity contribution in [2.24, 2.45) is 5.92 Å². The molecule has 1 aliphatic heterocycles. The Morgan fingerprint density at radius 1 is 0.762 bits per heavy atom. The minimum absolute atomic E-state index is 0.0246. The molecule has 1 nitrogen and oxygen atoms in total. The van der Waals surface area contributed by atoms with Gasteiger partial charge in [-0.1, -0.05) is 97.5 Å². The second-order valence-electron chi connectivity index (χ2n) is 12.4. The number of rotatable bonds is 10. The molecule has 0 amide bonds. The highest BCUT2D eigenvalue weighted by Gasteiger charge is 2.28. The number of halogens is 5. The van der Waals surface area contributed by atoms with Crippen LogP contribution in [0.1, 0.15) is 96.8 Å². The highest BCUT2D eigenvalue weighted by Crippen LogP contribution is 2.50. The van der Waals surface area contributed by atoms with Gasteiger partial charge in [-0.05, 0) is 64.8 Å². The summed E-state index contributed by atoms with van der Waals surface area (Å²) >= 11 is 1.64. The Bertz CT molecular complexity index is 1440. The Labute approximate surface area is 251 Å². The van der Waals surface area contributed by atoms with Gasteiger partial charge in [-0.25, -0.2) is 22.0 Å². The van der Waals surface area contributed by atoms with E-state index in [0.717, 1.165) is 46.6 Å². The predicted molar refractivity (Wildman–Crippen MR) is 165 cm³/mol. The number of allylic oxidation sites excluding steroid dienone is 1. The molecule has 7 heteroatoms. The molecule has 1 heterocycles. The number of hydrogen-bond donors (Lipinski definition) is 0. The molecule has 0 spiro atoms. The first-order valence-corrected chi connectivity index (χ1v) is 15.6.